The van der Waals surface area contributed by atoms with Gasteiger partial charge in [0.05, 0.1) is 10.9 Å². The van der Waals surface area contributed by atoms with Crippen LogP contribution in [0.2, 0.25) is 25.7 Å². The Morgan fingerprint density at radius 2 is 2.06 bits per heavy atom. The highest BCUT2D eigenvalue weighted by molar-refractivity contribution is 6.76. The monoisotopic (exact) mass is 475 g/mol. The second kappa shape index (κ2) is 8.26. The van der Waals surface area contributed by atoms with Crippen LogP contribution in [0.15, 0.2) is 42.6 Å². The second-order valence-electron chi connectivity index (χ2n) is 10.4. The molecule has 34 heavy (non-hydrogen) atoms. The molecular formula is C25H29N5O3Si. The molecule has 0 unspecified atom stereocenters. The summed E-state index contributed by atoms with van der Waals surface area (Å²) in [5.41, 5.74) is 5.55. The minimum Gasteiger partial charge on any atom is -0.361 e. The molecule has 1 aliphatic heterocycles. The minimum absolute atomic E-state index is 0.0134. The lowest BCUT2D eigenvalue weighted by atomic mass is 9.79. The highest BCUT2D eigenvalue weighted by atomic mass is 28.3. The topological polar surface area (TPSA) is 110 Å². The standard InChI is InChI=1S/C25H29N5O3Si/c1-34(2,3)10-9-33-15-30-22-19(5-4-8-27-22)25(24(30)32)13-18-12-17-11-16(23(31)29-26)6-7-20(17)28-21(18)14-25/h4-8,11-12H,9-10,13-15,26H2,1-3H3,(H,29,31)/t25-/m0/s1. The molecule has 0 radical (unpaired) electrons. The van der Waals surface area contributed by atoms with Crippen molar-refractivity contribution in [2.45, 2.75) is 43.9 Å². The Morgan fingerprint density at radius 1 is 1.24 bits per heavy atom. The number of nitrogens with zero attached hydrogens (tertiary/aromatic N) is 3. The summed E-state index contributed by atoms with van der Waals surface area (Å²) in [6.07, 6.45) is 2.78. The largest absolute Gasteiger partial charge is 0.361 e. The van der Waals surface area contributed by atoms with Crippen molar-refractivity contribution in [3.63, 3.8) is 0 Å². The number of pyridine rings is 2. The third-order valence-corrected chi connectivity index (χ3v) is 8.47. The molecule has 3 N–H and O–H groups in total. The van der Waals surface area contributed by atoms with Crippen LogP contribution in [0.4, 0.5) is 5.82 Å². The van der Waals surface area contributed by atoms with Gasteiger partial charge in [-0.05, 0) is 48.4 Å². The first kappa shape index (κ1) is 22.6. The van der Waals surface area contributed by atoms with Gasteiger partial charge >= 0.3 is 0 Å². The maximum atomic E-state index is 13.8. The van der Waals surface area contributed by atoms with Gasteiger partial charge in [0.2, 0.25) is 5.91 Å². The lowest BCUT2D eigenvalue weighted by molar-refractivity contribution is -0.124. The molecule has 1 spiro atoms. The molecule has 3 heterocycles. The average Bonchev–Trinajstić information content (AvgIpc) is 3.29. The molecule has 2 amide bonds. The van der Waals surface area contributed by atoms with E-state index in [1.807, 2.05) is 24.3 Å². The molecule has 3 aromatic rings. The summed E-state index contributed by atoms with van der Waals surface area (Å²) in [6.45, 7) is 7.77. The molecule has 2 aromatic heterocycles. The fraction of sp³-hybridized carbons (Fsp3) is 0.360. The molecule has 1 atom stereocenters. The molecule has 0 saturated carbocycles. The lowest BCUT2D eigenvalue weighted by Crippen LogP contribution is -2.42. The third kappa shape index (κ3) is 3.79. The number of hydrogen-bond acceptors (Lipinski definition) is 6. The van der Waals surface area contributed by atoms with Crippen LogP contribution in [0.5, 0.6) is 0 Å². The third-order valence-electron chi connectivity index (χ3n) is 6.77. The van der Waals surface area contributed by atoms with E-state index in [-0.39, 0.29) is 18.5 Å². The smallest absolute Gasteiger partial charge is 0.265 e. The summed E-state index contributed by atoms with van der Waals surface area (Å²) < 4.78 is 5.95. The number of nitrogens with one attached hydrogen (secondary N) is 1. The number of anilines is 1. The van der Waals surface area contributed by atoms with Crippen molar-refractivity contribution in [1.29, 1.82) is 0 Å². The number of fused-ring (bicyclic) bond motifs is 4. The van der Waals surface area contributed by atoms with Crippen LogP contribution < -0.4 is 16.2 Å². The first-order valence-corrected chi connectivity index (χ1v) is 15.2. The second-order valence-corrected chi connectivity index (χ2v) is 16.0. The first-order chi connectivity index (χ1) is 16.2. The van der Waals surface area contributed by atoms with Crippen LogP contribution >= 0.6 is 0 Å². The van der Waals surface area contributed by atoms with Crippen molar-refractivity contribution in [2.24, 2.45) is 5.84 Å². The van der Waals surface area contributed by atoms with E-state index in [2.05, 4.69) is 30.1 Å². The molecule has 2 aliphatic rings. The van der Waals surface area contributed by atoms with Gasteiger partial charge in [-0.1, -0.05) is 25.7 Å². The zero-order chi connectivity index (χ0) is 24.1. The van der Waals surface area contributed by atoms with Crippen molar-refractivity contribution < 1.29 is 14.3 Å². The Kier molecular flexibility index (Phi) is 5.50. The average molecular weight is 476 g/mol. The number of nitrogens with two attached hydrogens (primary N) is 1. The number of amides is 2. The summed E-state index contributed by atoms with van der Waals surface area (Å²) in [6, 6.07) is 12.3. The summed E-state index contributed by atoms with van der Waals surface area (Å²) in [5, 5.41) is 0.847. The molecule has 5 rings (SSSR count). The van der Waals surface area contributed by atoms with Crippen LogP contribution in [0.3, 0.4) is 0 Å². The van der Waals surface area contributed by atoms with E-state index in [0.29, 0.717) is 30.8 Å². The quantitative estimate of drug-likeness (QED) is 0.186. The van der Waals surface area contributed by atoms with Crippen molar-refractivity contribution in [3.8, 4) is 0 Å². The molecule has 0 bridgehead atoms. The number of benzene rings is 1. The van der Waals surface area contributed by atoms with Crippen molar-refractivity contribution in [2.75, 3.05) is 18.2 Å². The predicted molar refractivity (Wildman–Crippen MR) is 133 cm³/mol. The highest BCUT2D eigenvalue weighted by Crippen LogP contribution is 2.49. The Labute approximate surface area is 199 Å². The zero-order valence-electron chi connectivity index (χ0n) is 19.7. The normalized spacial score (nSPS) is 19.1. The molecule has 176 valence electrons. The van der Waals surface area contributed by atoms with Crippen molar-refractivity contribution in [3.05, 3.63) is 65.0 Å². The molecule has 1 aliphatic carbocycles. The molecule has 1 aromatic carbocycles. The number of ether oxygens (including phenoxy) is 1. The van der Waals surface area contributed by atoms with Gasteiger partial charge in [0.15, 0.2) is 0 Å². The zero-order valence-corrected chi connectivity index (χ0v) is 20.7. The van der Waals surface area contributed by atoms with Gasteiger partial charge in [-0.25, -0.2) is 10.8 Å². The van der Waals surface area contributed by atoms with Gasteiger partial charge in [0, 0.05) is 49.5 Å². The first-order valence-electron chi connectivity index (χ1n) is 11.5. The van der Waals surface area contributed by atoms with Gasteiger partial charge < -0.3 is 4.74 Å². The number of aromatic nitrogens is 2. The van der Waals surface area contributed by atoms with Crippen molar-refractivity contribution in [1.82, 2.24) is 15.4 Å². The number of carbonyl (C=O) groups excluding carboxylic acids is 2. The van der Waals surface area contributed by atoms with E-state index in [0.717, 1.165) is 33.8 Å². The lowest BCUT2D eigenvalue weighted by Gasteiger charge is -2.23. The van der Waals surface area contributed by atoms with Gasteiger partial charge in [-0.15, -0.1) is 0 Å². The SMILES string of the molecule is C[Si](C)(C)CCOCN1C(=O)[C@]2(Cc3cc4cc(C(=O)NN)ccc4nc3C2)c2cccnc21. The van der Waals surface area contributed by atoms with Crippen molar-refractivity contribution >= 4 is 36.6 Å². The van der Waals surface area contributed by atoms with Crippen LogP contribution in [0, 0.1) is 0 Å². The van der Waals surface area contributed by atoms with E-state index >= 15 is 0 Å². The molecular weight excluding hydrogens is 446 g/mol. The highest BCUT2D eigenvalue weighted by Gasteiger charge is 2.55. The van der Waals surface area contributed by atoms with Crippen LogP contribution in [-0.2, 0) is 27.8 Å². The van der Waals surface area contributed by atoms with Gasteiger partial charge in [-0.3, -0.25) is 24.9 Å². The number of rotatable bonds is 6. The van der Waals surface area contributed by atoms with E-state index < -0.39 is 13.5 Å². The van der Waals surface area contributed by atoms with Gasteiger partial charge in [0.1, 0.15) is 12.5 Å². The number of hydrogen-bond donors (Lipinski definition) is 2. The minimum atomic E-state index is -1.22. The Morgan fingerprint density at radius 3 is 2.82 bits per heavy atom. The van der Waals surface area contributed by atoms with Gasteiger partial charge in [0.25, 0.3) is 5.91 Å². The van der Waals surface area contributed by atoms with Crippen LogP contribution in [-0.4, -0.2) is 43.2 Å². The van der Waals surface area contributed by atoms with Crippen LogP contribution in [0.25, 0.3) is 10.9 Å². The van der Waals surface area contributed by atoms with E-state index in [4.69, 9.17) is 15.6 Å². The Hall–Kier alpha value is -3.14. The molecule has 0 fully saturated rings. The molecule has 9 heteroatoms. The van der Waals surface area contributed by atoms with E-state index in [1.165, 1.54) is 0 Å². The van der Waals surface area contributed by atoms with Crippen LogP contribution in [0.1, 0.15) is 27.2 Å². The van der Waals surface area contributed by atoms with E-state index in [9.17, 15) is 9.59 Å². The fourth-order valence-electron chi connectivity index (χ4n) is 4.92. The number of hydrazine groups is 1. The fourth-order valence-corrected chi connectivity index (χ4v) is 5.67. The maximum Gasteiger partial charge on any atom is 0.265 e. The number of nitrogen functional groups attached to an aromatic ring is 1. The Bertz CT molecular complexity index is 1310. The van der Waals surface area contributed by atoms with E-state index in [1.54, 1.807) is 23.2 Å². The summed E-state index contributed by atoms with van der Waals surface area (Å²) >= 11 is 0. The van der Waals surface area contributed by atoms with Gasteiger partial charge in [-0.2, -0.15) is 0 Å². The number of carbonyl (C=O) groups is 2. The summed E-state index contributed by atoms with van der Waals surface area (Å²) in [4.78, 5) is 36.9. The summed E-state index contributed by atoms with van der Waals surface area (Å²) in [5.74, 6) is 5.63. The molecule has 0 saturated heterocycles. The predicted octanol–water partition coefficient (Wildman–Crippen LogP) is 2.93. The maximum absolute atomic E-state index is 13.8. The summed E-state index contributed by atoms with van der Waals surface area (Å²) in [7, 11) is -1.22. The Balaban J connectivity index is 1.45. The molecule has 8 nitrogen and oxygen atoms in total.